The molecule has 0 saturated carbocycles. The first-order valence-electron chi connectivity index (χ1n) is 4.80. The summed E-state index contributed by atoms with van der Waals surface area (Å²) in [5, 5.41) is 9.43. The summed E-state index contributed by atoms with van der Waals surface area (Å²) in [6.45, 7) is 0. The molecule has 0 aliphatic heterocycles. The van der Waals surface area contributed by atoms with Crippen molar-refractivity contribution in [3.8, 4) is 11.3 Å². The predicted molar refractivity (Wildman–Crippen MR) is 64.5 cm³/mol. The molecule has 4 nitrogen and oxygen atoms in total. The van der Waals surface area contributed by atoms with Crippen molar-refractivity contribution in [2.24, 2.45) is 0 Å². The van der Waals surface area contributed by atoms with Crippen LogP contribution in [0.5, 0.6) is 0 Å². The van der Waals surface area contributed by atoms with Gasteiger partial charge in [0.05, 0.1) is 5.56 Å². The third-order valence-corrected chi connectivity index (χ3v) is 2.50. The van der Waals surface area contributed by atoms with Gasteiger partial charge in [-0.1, -0.05) is 23.7 Å². The van der Waals surface area contributed by atoms with E-state index in [9.17, 15) is 9.59 Å². The summed E-state index contributed by atoms with van der Waals surface area (Å²) in [6.07, 6.45) is 0. The molecule has 0 fully saturated rings. The van der Waals surface area contributed by atoms with Gasteiger partial charge in [-0.3, -0.25) is 4.79 Å². The molecule has 1 aromatic carbocycles. The Morgan fingerprint density at radius 3 is 2.41 bits per heavy atom. The van der Waals surface area contributed by atoms with Crippen LogP contribution in [0.2, 0.25) is 5.02 Å². The Hall–Kier alpha value is -2.07. The van der Waals surface area contributed by atoms with Gasteiger partial charge in [-0.2, -0.15) is 0 Å². The lowest BCUT2D eigenvalue weighted by Crippen LogP contribution is -2.10. The van der Waals surface area contributed by atoms with Gasteiger partial charge in [0.15, 0.2) is 0 Å². The molecule has 86 valence electrons. The van der Waals surface area contributed by atoms with Crippen molar-refractivity contribution < 1.29 is 9.90 Å². The number of pyridine rings is 1. The molecule has 2 rings (SSSR count). The van der Waals surface area contributed by atoms with Crippen LogP contribution in [0.4, 0.5) is 0 Å². The number of carboxylic acid groups (broad SMARTS) is 1. The topological polar surface area (TPSA) is 70.2 Å². The van der Waals surface area contributed by atoms with Crippen molar-refractivity contribution in [2.75, 3.05) is 0 Å². The molecule has 0 aliphatic rings. The molecule has 1 aromatic heterocycles. The van der Waals surface area contributed by atoms with Crippen molar-refractivity contribution >= 4 is 17.6 Å². The van der Waals surface area contributed by atoms with Gasteiger partial charge < -0.3 is 10.1 Å². The Kier molecular flexibility index (Phi) is 2.97. The molecule has 5 heteroatoms. The van der Waals surface area contributed by atoms with Gasteiger partial charge >= 0.3 is 5.97 Å². The molecule has 0 spiro atoms. The van der Waals surface area contributed by atoms with E-state index in [2.05, 4.69) is 4.98 Å². The normalized spacial score (nSPS) is 10.2. The second kappa shape index (κ2) is 4.43. The largest absolute Gasteiger partial charge is 0.478 e. The van der Waals surface area contributed by atoms with Gasteiger partial charge in [-0.05, 0) is 23.8 Å². The average molecular weight is 250 g/mol. The number of aromatic carboxylic acids is 1. The van der Waals surface area contributed by atoms with Gasteiger partial charge in [0, 0.05) is 16.8 Å². The van der Waals surface area contributed by atoms with Crippen molar-refractivity contribution in [1.82, 2.24) is 4.98 Å². The van der Waals surface area contributed by atoms with Gasteiger partial charge in [0.2, 0.25) is 5.56 Å². The van der Waals surface area contributed by atoms with E-state index in [1.807, 2.05) is 0 Å². The Balaban J connectivity index is 2.55. The number of benzene rings is 1. The monoisotopic (exact) mass is 249 g/mol. The molecule has 2 aromatic rings. The number of carboxylic acids is 1. The van der Waals surface area contributed by atoms with Crippen LogP contribution in [0.1, 0.15) is 10.4 Å². The van der Waals surface area contributed by atoms with E-state index in [1.54, 1.807) is 24.3 Å². The Labute approximate surface area is 101 Å². The zero-order valence-corrected chi connectivity index (χ0v) is 9.36. The molecule has 0 saturated heterocycles. The first-order chi connectivity index (χ1) is 8.06. The predicted octanol–water partition coefficient (Wildman–Crippen LogP) is 2.39. The molecule has 0 aliphatic carbocycles. The number of halogens is 1. The lowest BCUT2D eigenvalue weighted by Gasteiger charge is -2.02. The summed E-state index contributed by atoms with van der Waals surface area (Å²) < 4.78 is 0. The first kappa shape index (κ1) is 11.4. The van der Waals surface area contributed by atoms with Crippen LogP contribution in [0.3, 0.4) is 0 Å². The van der Waals surface area contributed by atoms with E-state index in [0.717, 1.165) is 6.07 Å². The number of hydrogen-bond acceptors (Lipinski definition) is 2. The highest BCUT2D eigenvalue weighted by atomic mass is 35.5. The quantitative estimate of drug-likeness (QED) is 0.859. The van der Waals surface area contributed by atoms with Crippen LogP contribution in [0.15, 0.2) is 41.2 Å². The maximum absolute atomic E-state index is 11.3. The highest BCUT2D eigenvalue weighted by molar-refractivity contribution is 6.30. The number of hydrogen-bond donors (Lipinski definition) is 2. The zero-order valence-electron chi connectivity index (χ0n) is 8.61. The van der Waals surface area contributed by atoms with E-state index in [-0.39, 0.29) is 5.56 Å². The van der Waals surface area contributed by atoms with Gasteiger partial charge in [0.1, 0.15) is 0 Å². The summed E-state index contributed by atoms with van der Waals surface area (Å²) in [5.41, 5.74) is 0.662. The third kappa shape index (κ3) is 2.54. The van der Waals surface area contributed by atoms with Crippen molar-refractivity contribution in [3.05, 3.63) is 57.3 Å². The van der Waals surface area contributed by atoms with Crippen molar-refractivity contribution in [3.63, 3.8) is 0 Å². The minimum Gasteiger partial charge on any atom is -0.478 e. The average Bonchev–Trinajstić information content (AvgIpc) is 2.29. The van der Waals surface area contributed by atoms with Crippen molar-refractivity contribution in [2.45, 2.75) is 0 Å². The van der Waals surface area contributed by atoms with E-state index in [4.69, 9.17) is 16.7 Å². The number of carbonyl (C=O) groups is 1. The molecule has 0 unspecified atom stereocenters. The second-order valence-corrected chi connectivity index (χ2v) is 3.90. The Morgan fingerprint density at radius 1 is 1.18 bits per heavy atom. The van der Waals surface area contributed by atoms with E-state index >= 15 is 0 Å². The standard InChI is InChI=1S/C12H8ClNO3/c13-9-3-1-7(2-4-9)10-5-8(12(16)17)6-11(15)14-10/h1-6H,(H,14,15)(H,16,17). The van der Waals surface area contributed by atoms with Crippen LogP contribution < -0.4 is 5.56 Å². The molecular weight excluding hydrogens is 242 g/mol. The minimum absolute atomic E-state index is 0.0429. The number of aromatic nitrogens is 1. The molecule has 17 heavy (non-hydrogen) atoms. The lowest BCUT2D eigenvalue weighted by atomic mass is 10.1. The molecule has 2 N–H and O–H groups in total. The number of H-pyrrole nitrogens is 1. The Morgan fingerprint density at radius 2 is 1.82 bits per heavy atom. The number of aromatic amines is 1. The van der Waals surface area contributed by atoms with Crippen molar-refractivity contribution in [1.29, 1.82) is 0 Å². The second-order valence-electron chi connectivity index (χ2n) is 3.46. The van der Waals surface area contributed by atoms with Crippen LogP contribution >= 0.6 is 11.6 Å². The molecule has 0 radical (unpaired) electrons. The number of nitrogens with one attached hydrogen (secondary N) is 1. The summed E-state index contributed by atoms with van der Waals surface area (Å²) in [4.78, 5) is 24.7. The van der Waals surface area contributed by atoms with Crippen LogP contribution in [0, 0.1) is 0 Å². The third-order valence-electron chi connectivity index (χ3n) is 2.25. The van der Waals surface area contributed by atoms with Crippen LogP contribution in [0.25, 0.3) is 11.3 Å². The van der Waals surface area contributed by atoms with Gasteiger partial charge in [-0.15, -0.1) is 0 Å². The summed E-state index contributed by atoms with van der Waals surface area (Å²) >= 11 is 5.75. The first-order valence-corrected chi connectivity index (χ1v) is 5.17. The van der Waals surface area contributed by atoms with Crippen LogP contribution in [-0.2, 0) is 0 Å². The minimum atomic E-state index is -1.13. The van der Waals surface area contributed by atoms with E-state index in [0.29, 0.717) is 16.3 Å². The number of rotatable bonds is 2. The maximum atomic E-state index is 11.3. The summed E-state index contributed by atoms with van der Waals surface area (Å²) in [5.74, 6) is -1.13. The molecule has 0 amide bonds. The van der Waals surface area contributed by atoms with Crippen LogP contribution in [-0.4, -0.2) is 16.1 Å². The van der Waals surface area contributed by atoms with Gasteiger partial charge in [0.25, 0.3) is 0 Å². The molecule has 1 heterocycles. The smallest absolute Gasteiger partial charge is 0.335 e. The lowest BCUT2D eigenvalue weighted by molar-refractivity contribution is 0.0696. The highest BCUT2D eigenvalue weighted by Gasteiger charge is 2.07. The fourth-order valence-electron chi connectivity index (χ4n) is 1.45. The highest BCUT2D eigenvalue weighted by Crippen LogP contribution is 2.19. The summed E-state index contributed by atoms with van der Waals surface area (Å²) in [7, 11) is 0. The molecule has 0 atom stereocenters. The van der Waals surface area contributed by atoms with Gasteiger partial charge in [-0.25, -0.2) is 4.79 Å². The molecular formula is C12H8ClNO3. The fourth-order valence-corrected chi connectivity index (χ4v) is 1.58. The fraction of sp³-hybridized carbons (Fsp3) is 0. The Bertz CT molecular complexity index is 616. The molecule has 0 bridgehead atoms. The van der Waals surface area contributed by atoms with E-state index in [1.165, 1.54) is 6.07 Å². The zero-order chi connectivity index (χ0) is 12.4. The maximum Gasteiger partial charge on any atom is 0.335 e. The van der Waals surface area contributed by atoms with E-state index < -0.39 is 11.5 Å². The SMILES string of the molecule is O=C(O)c1cc(-c2ccc(Cl)cc2)[nH]c(=O)c1. The summed E-state index contributed by atoms with van der Waals surface area (Å²) in [6, 6.07) is 9.21.